The lowest BCUT2D eigenvalue weighted by Gasteiger charge is -2.48. The van der Waals surface area contributed by atoms with Gasteiger partial charge < -0.3 is 9.47 Å². The molecule has 0 radical (unpaired) electrons. The van der Waals surface area contributed by atoms with Crippen LogP contribution in [0.2, 0.25) is 0 Å². The highest BCUT2D eigenvalue weighted by molar-refractivity contribution is 5.89. The van der Waals surface area contributed by atoms with Gasteiger partial charge in [-0.2, -0.15) is 18.4 Å². The van der Waals surface area contributed by atoms with Gasteiger partial charge >= 0.3 is 6.18 Å². The van der Waals surface area contributed by atoms with Crippen LogP contribution in [0.15, 0.2) is 65.6 Å². The summed E-state index contributed by atoms with van der Waals surface area (Å²) in [6.45, 7) is 4.81. The number of alkyl halides is 3. The summed E-state index contributed by atoms with van der Waals surface area (Å²) in [4.78, 5) is 25.6. The second-order valence-corrected chi connectivity index (χ2v) is 10.1. The Morgan fingerprint density at radius 2 is 1.82 bits per heavy atom. The molecule has 0 bridgehead atoms. The lowest BCUT2D eigenvalue weighted by molar-refractivity contribution is -0.137. The van der Waals surface area contributed by atoms with E-state index in [1.165, 1.54) is 28.8 Å². The summed E-state index contributed by atoms with van der Waals surface area (Å²) in [5.74, 6) is -0.459. The zero-order chi connectivity index (χ0) is 28.8. The van der Waals surface area contributed by atoms with Gasteiger partial charge in [-0.25, -0.2) is 9.37 Å². The number of pyridine rings is 3. The Kier molecular flexibility index (Phi) is 7.06. The molecule has 5 rings (SSSR count). The second kappa shape index (κ2) is 10.4. The highest BCUT2D eigenvalue weighted by atomic mass is 19.4. The first kappa shape index (κ1) is 27.3. The van der Waals surface area contributed by atoms with E-state index >= 15 is 0 Å². The van der Waals surface area contributed by atoms with E-state index in [0.29, 0.717) is 41.1 Å². The molecule has 0 N–H and O–H groups in total. The topological polar surface area (TPSA) is 78.0 Å². The predicted octanol–water partition coefficient (Wildman–Crippen LogP) is 5.05. The van der Waals surface area contributed by atoms with Crippen LogP contribution in [0.5, 0.6) is 0 Å². The van der Waals surface area contributed by atoms with E-state index < -0.39 is 23.6 Å². The van der Waals surface area contributed by atoms with Gasteiger partial charge in [-0.15, -0.1) is 0 Å². The maximum absolute atomic E-state index is 14.3. The summed E-state index contributed by atoms with van der Waals surface area (Å²) in [7, 11) is 1.65. The molecule has 206 valence electrons. The fraction of sp³-hybridized carbons (Fsp3) is 0.310. The Labute approximate surface area is 227 Å². The third-order valence-electron chi connectivity index (χ3n) is 7.42. The van der Waals surface area contributed by atoms with Crippen LogP contribution in [-0.4, -0.2) is 44.6 Å². The van der Waals surface area contributed by atoms with Gasteiger partial charge in [-0.1, -0.05) is 12.1 Å². The minimum absolute atomic E-state index is 0.176. The van der Waals surface area contributed by atoms with Gasteiger partial charge in [0.2, 0.25) is 0 Å². The van der Waals surface area contributed by atoms with E-state index in [2.05, 4.69) is 19.8 Å². The van der Waals surface area contributed by atoms with Crippen molar-refractivity contribution in [3.63, 3.8) is 0 Å². The number of nitrogens with zero attached hydrogens (tertiary/aromatic N) is 6. The first-order chi connectivity index (χ1) is 19.0. The number of nitriles is 1. The molecule has 40 heavy (non-hydrogen) atoms. The number of hydrogen-bond acceptors (Lipinski definition) is 6. The third kappa shape index (κ3) is 5.02. The summed E-state index contributed by atoms with van der Waals surface area (Å²) in [6.07, 6.45) is -3.72. The van der Waals surface area contributed by atoms with Crippen molar-refractivity contribution in [2.45, 2.75) is 38.1 Å². The van der Waals surface area contributed by atoms with Gasteiger partial charge in [0.15, 0.2) is 0 Å². The van der Waals surface area contributed by atoms with E-state index in [4.69, 9.17) is 0 Å². The van der Waals surface area contributed by atoms with Crippen molar-refractivity contribution in [2.75, 3.05) is 18.0 Å². The van der Waals surface area contributed by atoms with E-state index in [-0.39, 0.29) is 23.3 Å². The number of aryl methyl sites for hydroxylation is 1. The molecule has 1 fully saturated rings. The number of halogens is 4. The number of benzene rings is 1. The zero-order valence-electron chi connectivity index (χ0n) is 22.0. The van der Waals surface area contributed by atoms with Crippen molar-refractivity contribution in [2.24, 2.45) is 7.05 Å². The lowest BCUT2D eigenvalue weighted by atomic mass is 9.96. The Bertz CT molecular complexity index is 1660. The summed E-state index contributed by atoms with van der Waals surface area (Å²) in [6, 6.07) is 14.2. The molecular weight excluding hydrogens is 524 g/mol. The molecule has 0 spiro atoms. The Balaban J connectivity index is 1.55. The highest BCUT2D eigenvalue weighted by Gasteiger charge is 2.37. The van der Waals surface area contributed by atoms with E-state index in [1.807, 2.05) is 19.9 Å². The van der Waals surface area contributed by atoms with Crippen LogP contribution in [0.4, 0.5) is 23.2 Å². The molecule has 0 amide bonds. The highest BCUT2D eigenvalue weighted by Crippen LogP contribution is 2.36. The van der Waals surface area contributed by atoms with Gasteiger partial charge in [0.25, 0.3) is 5.56 Å². The molecule has 11 heteroatoms. The van der Waals surface area contributed by atoms with Crippen molar-refractivity contribution >= 4 is 16.7 Å². The summed E-state index contributed by atoms with van der Waals surface area (Å²) >= 11 is 0. The second-order valence-electron chi connectivity index (χ2n) is 10.1. The minimum Gasteiger partial charge on any atom is -0.364 e. The standard InChI is InChI=1S/C29H26F4N6O/c1-17-16-39(28(19-5-4-6-21(30)11-19)23-9-7-20(14-35-23)29(31,32)33)18(2)15-38(17)25-12-26(40)37(3)24-10-8-22(13-34)36-27(24)25/h4-12,14,17-18,28H,15-16H2,1-3H3/t17-,18+,28?/m0/s1. The molecule has 1 aromatic carbocycles. The van der Waals surface area contributed by atoms with Gasteiger partial charge in [-0.05, 0) is 55.8 Å². The largest absolute Gasteiger partial charge is 0.417 e. The molecule has 1 aliphatic rings. The van der Waals surface area contributed by atoms with Gasteiger partial charge in [0.05, 0.1) is 28.5 Å². The molecule has 0 aliphatic carbocycles. The zero-order valence-corrected chi connectivity index (χ0v) is 22.0. The van der Waals surface area contributed by atoms with Gasteiger partial charge in [0.1, 0.15) is 23.1 Å². The van der Waals surface area contributed by atoms with E-state index in [9.17, 15) is 27.6 Å². The summed E-state index contributed by atoms with van der Waals surface area (Å²) in [5.41, 5.74) is 1.81. The average Bonchev–Trinajstić information content (AvgIpc) is 2.92. The molecule has 4 heterocycles. The molecule has 4 aromatic rings. The Hall–Kier alpha value is -4.30. The van der Waals surface area contributed by atoms with Crippen molar-refractivity contribution in [3.8, 4) is 6.07 Å². The van der Waals surface area contributed by atoms with Gasteiger partial charge in [-0.3, -0.25) is 14.7 Å². The molecule has 1 aliphatic heterocycles. The number of piperazine rings is 1. The van der Waals surface area contributed by atoms with Crippen molar-refractivity contribution in [1.29, 1.82) is 5.26 Å². The number of anilines is 1. The first-order valence-electron chi connectivity index (χ1n) is 12.7. The van der Waals surface area contributed by atoms with Crippen LogP contribution in [0, 0.1) is 17.1 Å². The monoisotopic (exact) mass is 550 g/mol. The van der Waals surface area contributed by atoms with E-state index in [1.54, 1.807) is 31.3 Å². The number of fused-ring (bicyclic) bond motifs is 1. The maximum Gasteiger partial charge on any atom is 0.417 e. The fourth-order valence-electron chi connectivity index (χ4n) is 5.39. The maximum atomic E-state index is 14.3. The molecule has 0 saturated carbocycles. The van der Waals surface area contributed by atoms with Crippen molar-refractivity contribution < 1.29 is 17.6 Å². The first-order valence-corrected chi connectivity index (χ1v) is 12.7. The minimum atomic E-state index is -4.53. The number of rotatable bonds is 4. The van der Waals surface area contributed by atoms with Crippen LogP contribution >= 0.6 is 0 Å². The summed E-state index contributed by atoms with van der Waals surface area (Å²) in [5, 5.41) is 9.41. The van der Waals surface area contributed by atoms with Crippen molar-refractivity contribution in [1.82, 2.24) is 19.4 Å². The van der Waals surface area contributed by atoms with Gasteiger partial charge in [0, 0.05) is 44.5 Å². The molecule has 1 saturated heterocycles. The predicted molar refractivity (Wildman–Crippen MR) is 142 cm³/mol. The molecule has 3 atom stereocenters. The van der Waals surface area contributed by atoms with Crippen LogP contribution < -0.4 is 10.5 Å². The van der Waals surface area contributed by atoms with Crippen LogP contribution in [0.3, 0.4) is 0 Å². The fourth-order valence-corrected chi connectivity index (χ4v) is 5.39. The van der Waals surface area contributed by atoms with E-state index in [0.717, 1.165) is 12.3 Å². The summed E-state index contributed by atoms with van der Waals surface area (Å²) < 4.78 is 55.5. The Morgan fingerprint density at radius 3 is 2.48 bits per heavy atom. The van der Waals surface area contributed by atoms with Crippen LogP contribution in [0.1, 0.15) is 42.4 Å². The molecular formula is C29H26F4N6O. The number of aromatic nitrogens is 3. The van der Waals surface area contributed by atoms with Crippen LogP contribution in [-0.2, 0) is 13.2 Å². The Morgan fingerprint density at radius 1 is 1.05 bits per heavy atom. The quantitative estimate of drug-likeness (QED) is 0.331. The molecule has 7 nitrogen and oxygen atoms in total. The average molecular weight is 551 g/mol. The SMILES string of the molecule is C[C@@H]1CN(c2cc(=O)n(C)c3ccc(C#N)nc23)[C@@H](C)CN1C(c1cccc(F)c1)c1ccc(C(F)(F)F)cn1. The number of hydrogen-bond donors (Lipinski definition) is 0. The normalized spacial score (nSPS) is 19.0. The lowest BCUT2D eigenvalue weighted by Crippen LogP contribution is -2.57. The third-order valence-corrected chi connectivity index (χ3v) is 7.42. The van der Waals surface area contributed by atoms with Crippen LogP contribution in [0.25, 0.3) is 11.0 Å². The molecule has 3 aromatic heterocycles. The van der Waals surface area contributed by atoms with Crippen molar-refractivity contribution in [3.05, 3.63) is 99.5 Å². The smallest absolute Gasteiger partial charge is 0.364 e. The molecule has 1 unspecified atom stereocenters.